The highest BCUT2D eigenvalue weighted by atomic mass is 16.6. The third-order valence-electron chi connectivity index (χ3n) is 4.13. The topological polar surface area (TPSA) is 99.4 Å². The molecule has 1 heterocycles. The summed E-state index contributed by atoms with van der Waals surface area (Å²) in [4.78, 5) is 21.3. The van der Waals surface area contributed by atoms with E-state index in [0.29, 0.717) is 22.5 Å². The molecule has 7 heteroatoms. The van der Waals surface area contributed by atoms with Crippen molar-refractivity contribution in [2.45, 2.75) is 0 Å². The van der Waals surface area contributed by atoms with Crippen LogP contribution in [0.25, 0.3) is 22.8 Å². The lowest BCUT2D eigenvalue weighted by molar-refractivity contribution is -0.385. The minimum atomic E-state index is -0.462. The number of non-ortho nitro benzene ring substituents is 2. The number of hydrogen-bond acceptors (Lipinski definition) is 5. The molecule has 3 aromatic rings. The molecule has 0 fully saturated rings. The van der Waals surface area contributed by atoms with Crippen LogP contribution in [0.15, 0.2) is 59.2 Å². The predicted molar refractivity (Wildman–Crippen MR) is 90.9 cm³/mol. The van der Waals surface area contributed by atoms with E-state index in [1.54, 1.807) is 30.3 Å². The second kappa shape index (κ2) is 5.41. The first-order valence-corrected chi connectivity index (χ1v) is 7.38. The van der Waals surface area contributed by atoms with Crippen molar-refractivity contribution in [3.05, 3.63) is 91.9 Å². The van der Waals surface area contributed by atoms with Crippen molar-refractivity contribution in [3.8, 4) is 11.1 Å². The van der Waals surface area contributed by atoms with E-state index in [-0.39, 0.29) is 11.4 Å². The summed E-state index contributed by atoms with van der Waals surface area (Å²) in [5.41, 5.74) is 3.49. The average Bonchev–Trinajstić information content (AvgIpc) is 3.21. The summed E-state index contributed by atoms with van der Waals surface area (Å²) < 4.78 is 5.34. The molecular formula is C18H10N2O5. The molecule has 7 nitrogen and oxygen atoms in total. The molecule has 0 atom stereocenters. The number of furan rings is 1. The number of nitro groups is 2. The molecule has 0 spiro atoms. The molecule has 0 amide bonds. The lowest BCUT2D eigenvalue weighted by Gasteiger charge is -2.02. The summed E-state index contributed by atoms with van der Waals surface area (Å²) in [7, 11) is 0. The van der Waals surface area contributed by atoms with Crippen LogP contribution in [0.2, 0.25) is 0 Å². The smallest absolute Gasteiger partial charge is 0.270 e. The van der Waals surface area contributed by atoms with Gasteiger partial charge < -0.3 is 4.42 Å². The van der Waals surface area contributed by atoms with Gasteiger partial charge in [-0.25, -0.2) is 0 Å². The van der Waals surface area contributed by atoms with Crippen LogP contribution in [0.3, 0.4) is 0 Å². The molecular weight excluding hydrogens is 324 g/mol. The van der Waals surface area contributed by atoms with Crippen LogP contribution in [-0.2, 0) is 0 Å². The first-order valence-electron chi connectivity index (χ1n) is 7.38. The molecule has 4 rings (SSSR count). The van der Waals surface area contributed by atoms with Gasteiger partial charge in [-0.05, 0) is 58.2 Å². The highest BCUT2D eigenvalue weighted by Gasteiger charge is 2.27. The zero-order chi connectivity index (χ0) is 17.6. The van der Waals surface area contributed by atoms with E-state index in [1.165, 1.54) is 30.5 Å². The minimum Gasteiger partial charge on any atom is -0.465 e. The van der Waals surface area contributed by atoms with E-state index in [9.17, 15) is 20.2 Å². The Labute approximate surface area is 141 Å². The fourth-order valence-corrected chi connectivity index (χ4v) is 3.02. The fourth-order valence-electron chi connectivity index (χ4n) is 3.02. The largest absolute Gasteiger partial charge is 0.465 e. The quantitative estimate of drug-likeness (QED) is 0.400. The molecule has 0 unspecified atom stereocenters. The van der Waals surface area contributed by atoms with Crippen LogP contribution in [0.4, 0.5) is 11.4 Å². The van der Waals surface area contributed by atoms with Crippen molar-refractivity contribution in [2.75, 3.05) is 0 Å². The summed E-state index contributed by atoms with van der Waals surface area (Å²) in [5.74, 6) is 0.562. The van der Waals surface area contributed by atoms with Gasteiger partial charge >= 0.3 is 0 Å². The zero-order valence-corrected chi connectivity index (χ0v) is 12.7. The molecule has 1 aliphatic rings. The maximum absolute atomic E-state index is 11.1. The Morgan fingerprint density at radius 2 is 1.36 bits per heavy atom. The van der Waals surface area contributed by atoms with Crippen LogP contribution in [0, 0.1) is 20.2 Å². The number of hydrogen-bond donors (Lipinski definition) is 0. The minimum absolute atomic E-state index is 0.0357. The Balaban J connectivity index is 1.99. The molecule has 0 N–H and O–H groups in total. The summed E-state index contributed by atoms with van der Waals surface area (Å²) in [6.07, 6.45) is 3.25. The first-order chi connectivity index (χ1) is 12.0. The van der Waals surface area contributed by atoms with Gasteiger partial charge in [0.25, 0.3) is 11.4 Å². The molecule has 122 valence electrons. The number of benzene rings is 2. The maximum atomic E-state index is 11.1. The van der Waals surface area contributed by atoms with Crippen LogP contribution < -0.4 is 0 Å². The summed E-state index contributed by atoms with van der Waals surface area (Å²) in [6.45, 7) is 0. The molecule has 0 bridgehead atoms. The van der Waals surface area contributed by atoms with E-state index in [0.717, 1.165) is 11.1 Å². The van der Waals surface area contributed by atoms with Gasteiger partial charge in [-0.3, -0.25) is 20.2 Å². The van der Waals surface area contributed by atoms with Crippen LogP contribution >= 0.6 is 0 Å². The van der Waals surface area contributed by atoms with Gasteiger partial charge in [0, 0.05) is 24.3 Å². The summed E-state index contributed by atoms with van der Waals surface area (Å²) in [5, 5.41) is 22.2. The van der Waals surface area contributed by atoms with Gasteiger partial charge in [-0.2, -0.15) is 0 Å². The Morgan fingerprint density at radius 1 is 0.800 bits per heavy atom. The Kier molecular flexibility index (Phi) is 3.21. The van der Waals surface area contributed by atoms with E-state index < -0.39 is 9.85 Å². The molecule has 2 aromatic carbocycles. The molecule has 0 saturated carbocycles. The summed E-state index contributed by atoms with van der Waals surface area (Å²) in [6, 6.07) is 12.6. The van der Waals surface area contributed by atoms with Gasteiger partial charge in [0.15, 0.2) is 0 Å². The maximum Gasteiger partial charge on any atom is 0.270 e. The fraction of sp³-hybridized carbons (Fsp3) is 0. The standard InChI is InChI=1S/C18H10N2O5/c21-19(22)11-3-5-14-15-6-4-12(20(23)24)9-17(15)18(16(14)8-11)10-13-2-1-7-25-13/h1-10H. The van der Waals surface area contributed by atoms with Gasteiger partial charge in [-0.1, -0.05) is 0 Å². The lowest BCUT2D eigenvalue weighted by Crippen LogP contribution is -1.90. The monoisotopic (exact) mass is 334 g/mol. The molecule has 1 aromatic heterocycles. The van der Waals surface area contributed by atoms with Crippen molar-refractivity contribution in [2.24, 2.45) is 0 Å². The van der Waals surface area contributed by atoms with Crippen molar-refractivity contribution in [1.29, 1.82) is 0 Å². The highest BCUT2D eigenvalue weighted by molar-refractivity contribution is 6.07. The second-order valence-corrected chi connectivity index (χ2v) is 5.55. The lowest BCUT2D eigenvalue weighted by atomic mass is 10.0. The summed E-state index contributed by atoms with van der Waals surface area (Å²) >= 11 is 0. The third kappa shape index (κ3) is 2.38. The molecule has 1 aliphatic carbocycles. The Morgan fingerprint density at radius 3 is 1.80 bits per heavy atom. The molecule has 0 saturated heterocycles. The average molecular weight is 334 g/mol. The predicted octanol–water partition coefficient (Wildman–Crippen LogP) is 4.67. The molecule has 0 radical (unpaired) electrons. The van der Waals surface area contributed by atoms with Gasteiger partial charge in [0.2, 0.25) is 0 Å². The first kappa shape index (κ1) is 14.8. The normalized spacial score (nSPS) is 11.8. The highest BCUT2D eigenvalue weighted by Crippen LogP contribution is 2.47. The van der Waals surface area contributed by atoms with Crippen molar-refractivity contribution in [1.82, 2.24) is 0 Å². The zero-order valence-electron chi connectivity index (χ0n) is 12.7. The van der Waals surface area contributed by atoms with Crippen molar-refractivity contribution >= 4 is 23.0 Å². The Bertz CT molecular complexity index is 986. The number of rotatable bonds is 3. The molecule has 25 heavy (non-hydrogen) atoms. The van der Waals surface area contributed by atoms with Gasteiger partial charge in [0.05, 0.1) is 16.1 Å². The number of nitro benzene ring substituents is 2. The van der Waals surface area contributed by atoms with E-state index in [4.69, 9.17) is 4.42 Å². The molecule has 0 aliphatic heterocycles. The van der Waals surface area contributed by atoms with Gasteiger partial charge in [-0.15, -0.1) is 0 Å². The van der Waals surface area contributed by atoms with Gasteiger partial charge in [0.1, 0.15) is 5.76 Å². The number of fused-ring (bicyclic) bond motifs is 3. The van der Waals surface area contributed by atoms with Crippen LogP contribution in [0.5, 0.6) is 0 Å². The van der Waals surface area contributed by atoms with E-state index in [1.807, 2.05) is 0 Å². The van der Waals surface area contributed by atoms with Crippen molar-refractivity contribution < 1.29 is 14.3 Å². The van der Waals surface area contributed by atoms with Crippen LogP contribution in [0.1, 0.15) is 16.9 Å². The van der Waals surface area contributed by atoms with Crippen LogP contribution in [-0.4, -0.2) is 9.85 Å². The van der Waals surface area contributed by atoms with E-state index in [2.05, 4.69) is 0 Å². The van der Waals surface area contributed by atoms with Crippen molar-refractivity contribution in [3.63, 3.8) is 0 Å². The second-order valence-electron chi connectivity index (χ2n) is 5.55. The third-order valence-corrected chi connectivity index (χ3v) is 4.13. The Hall–Kier alpha value is -3.74. The SMILES string of the molecule is O=[N+]([O-])c1ccc2c(c1)C(=Cc1ccco1)c1cc([N+](=O)[O-])ccc1-2. The van der Waals surface area contributed by atoms with E-state index >= 15 is 0 Å². The number of nitrogens with zero attached hydrogens (tertiary/aromatic N) is 2.